The van der Waals surface area contributed by atoms with Crippen molar-refractivity contribution in [2.24, 2.45) is 5.92 Å². The molecule has 1 aromatic carbocycles. The Morgan fingerprint density at radius 2 is 2.00 bits per heavy atom. The van der Waals surface area contributed by atoms with Crippen molar-refractivity contribution >= 4 is 16.7 Å². The highest BCUT2D eigenvalue weighted by molar-refractivity contribution is 5.74. The normalized spacial score (nSPS) is 18.7. The fourth-order valence-electron chi connectivity index (χ4n) is 3.40. The summed E-state index contributed by atoms with van der Waals surface area (Å²) in [6.45, 7) is 2.24. The van der Waals surface area contributed by atoms with Gasteiger partial charge in [-0.05, 0) is 43.0 Å². The second kappa shape index (κ2) is 5.79. The molecule has 3 aromatic rings. The van der Waals surface area contributed by atoms with Gasteiger partial charge in [0.25, 0.3) is 0 Å². The van der Waals surface area contributed by atoms with Crippen LogP contribution in [0, 0.1) is 5.92 Å². The number of imidazole rings is 1. The molecule has 1 saturated heterocycles. The van der Waals surface area contributed by atoms with Crippen molar-refractivity contribution in [2.75, 3.05) is 18.0 Å². The Kier molecular flexibility index (Phi) is 3.51. The fourth-order valence-corrected chi connectivity index (χ4v) is 3.40. The molecule has 3 heterocycles. The van der Waals surface area contributed by atoms with E-state index in [0.29, 0.717) is 5.92 Å². The minimum atomic E-state index is 0.655. The zero-order valence-electron chi connectivity index (χ0n) is 12.6. The number of aromatic nitrogens is 3. The zero-order chi connectivity index (χ0) is 14.8. The summed E-state index contributed by atoms with van der Waals surface area (Å²) in [5.74, 6) is 1.77. The molecule has 1 aliphatic heterocycles. The minimum absolute atomic E-state index is 0.655. The third kappa shape index (κ3) is 2.69. The number of para-hydroxylation sites is 2. The first-order valence-corrected chi connectivity index (χ1v) is 7.97. The highest BCUT2D eigenvalue weighted by Gasteiger charge is 2.21. The number of fused-ring (bicyclic) bond motifs is 1. The molecule has 112 valence electrons. The number of pyridine rings is 1. The molecular formula is C18H20N4. The van der Waals surface area contributed by atoms with Crippen molar-refractivity contribution in [3.05, 3.63) is 54.6 Å². The van der Waals surface area contributed by atoms with Gasteiger partial charge in [0.1, 0.15) is 5.82 Å². The van der Waals surface area contributed by atoms with Gasteiger partial charge < -0.3 is 9.88 Å². The predicted molar refractivity (Wildman–Crippen MR) is 89.0 cm³/mol. The lowest BCUT2D eigenvalue weighted by atomic mass is 9.94. The van der Waals surface area contributed by atoms with Gasteiger partial charge in [-0.1, -0.05) is 12.1 Å². The van der Waals surface area contributed by atoms with Crippen molar-refractivity contribution in [2.45, 2.75) is 19.3 Å². The van der Waals surface area contributed by atoms with E-state index in [2.05, 4.69) is 45.2 Å². The molecule has 4 nitrogen and oxygen atoms in total. The number of aromatic amines is 1. The van der Waals surface area contributed by atoms with Crippen LogP contribution in [0.1, 0.15) is 18.7 Å². The van der Waals surface area contributed by atoms with Gasteiger partial charge in [0.15, 0.2) is 0 Å². The first kappa shape index (κ1) is 13.3. The van der Waals surface area contributed by atoms with E-state index >= 15 is 0 Å². The Balaban J connectivity index is 1.48. The highest BCUT2D eigenvalue weighted by Crippen LogP contribution is 2.25. The summed E-state index contributed by atoms with van der Waals surface area (Å²) >= 11 is 0. The Morgan fingerprint density at radius 3 is 2.86 bits per heavy atom. The van der Waals surface area contributed by atoms with Crippen molar-refractivity contribution in [1.82, 2.24) is 15.0 Å². The average Bonchev–Trinajstić information content (AvgIpc) is 2.98. The molecule has 0 unspecified atom stereocenters. The average molecular weight is 292 g/mol. The van der Waals surface area contributed by atoms with Gasteiger partial charge in [0, 0.05) is 37.6 Å². The molecule has 0 aliphatic carbocycles. The molecular weight excluding hydrogens is 272 g/mol. The van der Waals surface area contributed by atoms with Crippen LogP contribution >= 0.6 is 0 Å². The van der Waals surface area contributed by atoms with Crippen LogP contribution in [0.15, 0.2) is 48.8 Å². The lowest BCUT2D eigenvalue weighted by Gasteiger charge is -2.34. The number of nitrogens with zero attached hydrogens (tertiary/aromatic N) is 3. The lowest BCUT2D eigenvalue weighted by Crippen LogP contribution is -2.36. The molecule has 1 aliphatic rings. The first-order chi connectivity index (χ1) is 10.9. The van der Waals surface area contributed by atoms with Crippen LogP contribution in [-0.2, 0) is 6.42 Å². The van der Waals surface area contributed by atoms with Gasteiger partial charge in [-0.25, -0.2) is 4.98 Å². The molecule has 0 radical (unpaired) electrons. The number of hydrogen-bond donors (Lipinski definition) is 1. The standard InChI is InChI=1S/C18H20N4/c1-2-6-17-16(5-1)20-18(21-17)12-14-4-3-11-22(13-14)15-7-9-19-10-8-15/h1-2,5-10,14H,3-4,11-13H2,(H,20,21)/t14-/m0/s1. The maximum Gasteiger partial charge on any atom is 0.107 e. The monoisotopic (exact) mass is 292 g/mol. The van der Waals surface area contributed by atoms with E-state index in [1.165, 1.54) is 18.5 Å². The number of hydrogen-bond acceptors (Lipinski definition) is 3. The van der Waals surface area contributed by atoms with E-state index in [0.717, 1.165) is 36.4 Å². The number of H-pyrrole nitrogens is 1. The van der Waals surface area contributed by atoms with E-state index in [1.807, 2.05) is 18.5 Å². The number of anilines is 1. The number of rotatable bonds is 3. The van der Waals surface area contributed by atoms with Crippen LogP contribution in [0.25, 0.3) is 11.0 Å². The largest absolute Gasteiger partial charge is 0.371 e. The Labute approximate surface area is 130 Å². The van der Waals surface area contributed by atoms with Gasteiger partial charge >= 0.3 is 0 Å². The summed E-state index contributed by atoms with van der Waals surface area (Å²) in [6.07, 6.45) is 7.29. The van der Waals surface area contributed by atoms with Crippen LogP contribution in [-0.4, -0.2) is 28.0 Å². The van der Waals surface area contributed by atoms with Crippen LogP contribution in [0.2, 0.25) is 0 Å². The first-order valence-electron chi connectivity index (χ1n) is 7.97. The quantitative estimate of drug-likeness (QED) is 0.804. The molecule has 1 atom stereocenters. The Bertz CT molecular complexity index is 717. The van der Waals surface area contributed by atoms with Gasteiger partial charge in [-0.15, -0.1) is 0 Å². The maximum atomic E-state index is 4.72. The van der Waals surface area contributed by atoms with Crippen molar-refractivity contribution in [3.8, 4) is 0 Å². The molecule has 2 aromatic heterocycles. The predicted octanol–water partition coefficient (Wildman–Crippen LogP) is 3.42. The molecule has 4 rings (SSSR count). The molecule has 0 spiro atoms. The van der Waals surface area contributed by atoms with E-state index in [4.69, 9.17) is 4.98 Å². The summed E-state index contributed by atoms with van der Waals surface area (Å²) < 4.78 is 0. The third-order valence-electron chi connectivity index (χ3n) is 4.47. The topological polar surface area (TPSA) is 44.8 Å². The molecule has 0 bridgehead atoms. The van der Waals surface area contributed by atoms with Crippen LogP contribution in [0.5, 0.6) is 0 Å². The highest BCUT2D eigenvalue weighted by atomic mass is 15.1. The van der Waals surface area contributed by atoms with Crippen LogP contribution in [0.3, 0.4) is 0 Å². The Morgan fingerprint density at radius 1 is 1.14 bits per heavy atom. The van der Waals surface area contributed by atoms with E-state index in [9.17, 15) is 0 Å². The lowest BCUT2D eigenvalue weighted by molar-refractivity contribution is 0.407. The number of benzene rings is 1. The number of nitrogens with one attached hydrogen (secondary N) is 1. The summed E-state index contributed by atoms with van der Waals surface area (Å²) in [5, 5.41) is 0. The molecule has 0 amide bonds. The fraction of sp³-hybridized carbons (Fsp3) is 0.333. The van der Waals surface area contributed by atoms with Gasteiger partial charge in [0.05, 0.1) is 11.0 Å². The Hall–Kier alpha value is -2.36. The smallest absolute Gasteiger partial charge is 0.107 e. The van der Waals surface area contributed by atoms with Crippen LogP contribution in [0.4, 0.5) is 5.69 Å². The molecule has 4 heteroatoms. The van der Waals surface area contributed by atoms with Crippen molar-refractivity contribution in [3.63, 3.8) is 0 Å². The molecule has 1 fully saturated rings. The van der Waals surface area contributed by atoms with Gasteiger partial charge in [-0.3, -0.25) is 4.98 Å². The van der Waals surface area contributed by atoms with E-state index in [1.54, 1.807) is 0 Å². The van der Waals surface area contributed by atoms with Crippen molar-refractivity contribution in [1.29, 1.82) is 0 Å². The maximum absolute atomic E-state index is 4.72. The molecule has 22 heavy (non-hydrogen) atoms. The second-order valence-corrected chi connectivity index (χ2v) is 6.06. The minimum Gasteiger partial charge on any atom is -0.371 e. The second-order valence-electron chi connectivity index (χ2n) is 6.06. The van der Waals surface area contributed by atoms with E-state index in [-0.39, 0.29) is 0 Å². The van der Waals surface area contributed by atoms with Gasteiger partial charge in [-0.2, -0.15) is 0 Å². The third-order valence-corrected chi connectivity index (χ3v) is 4.47. The summed E-state index contributed by atoms with van der Waals surface area (Å²) in [4.78, 5) is 14.8. The molecule has 1 N–H and O–H groups in total. The zero-order valence-corrected chi connectivity index (χ0v) is 12.6. The number of piperidine rings is 1. The van der Waals surface area contributed by atoms with Crippen LogP contribution < -0.4 is 4.90 Å². The summed E-state index contributed by atoms with van der Waals surface area (Å²) in [5.41, 5.74) is 3.49. The molecule has 0 saturated carbocycles. The van der Waals surface area contributed by atoms with E-state index < -0.39 is 0 Å². The summed E-state index contributed by atoms with van der Waals surface area (Å²) in [6, 6.07) is 12.5. The SMILES string of the molecule is c1ccc2[nH]c(C[C@@H]3CCCN(c4ccncc4)C3)nc2c1. The summed E-state index contributed by atoms with van der Waals surface area (Å²) in [7, 11) is 0. The van der Waals surface area contributed by atoms with Gasteiger partial charge in [0.2, 0.25) is 0 Å². The van der Waals surface area contributed by atoms with Crippen molar-refractivity contribution < 1.29 is 0 Å².